The maximum atomic E-state index is 12.3. The Balaban J connectivity index is 1.75. The zero-order chi connectivity index (χ0) is 14.7. The number of rotatable bonds is 4. The SMILES string of the molecule is O=C1Nc2ccccc2CCC1Sc1nnnn1CCO. The lowest BCUT2D eigenvalue weighted by Gasteiger charge is -2.11. The van der Waals surface area contributed by atoms with Crippen LogP contribution in [0.3, 0.4) is 0 Å². The van der Waals surface area contributed by atoms with Crippen LogP contribution in [-0.4, -0.2) is 43.1 Å². The number of anilines is 1. The van der Waals surface area contributed by atoms with Gasteiger partial charge in [0, 0.05) is 5.69 Å². The second-order valence-corrected chi connectivity index (χ2v) is 5.87. The van der Waals surface area contributed by atoms with Crippen molar-refractivity contribution in [2.45, 2.75) is 29.8 Å². The predicted molar refractivity (Wildman–Crippen MR) is 77.9 cm³/mol. The molecule has 0 bridgehead atoms. The average molecular weight is 305 g/mol. The Labute approximate surface area is 125 Å². The Bertz CT molecular complexity index is 645. The van der Waals surface area contributed by atoms with Crippen LogP contribution in [0.5, 0.6) is 0 Å². The van der Waals surface area contributed by atoms with E-state index in [4.69, 9.17) is 5.11 Å². The second-order valence-electron chi connectivity index (χ2n) is 4.70. The van der Waals surface area contributed by atoms with Gasteiger partial charge in [0.15, 0.2) is 0 Å². The minimum Gasteiger partial charge on any atom is -0.394 e. The summed E-state index contributed by atoms with van der Waals surface area (Å²) in [5.41, 5.74) is 2.02. The molecule has 0 saturated heterocycles. The number of para-hydroxylation sites is 1. The van der Waals surface area contributed by atoms with Crippen LogP contribution in [-0.2, 0) is 17.8 Å². The summed E-state index contributed by atoms with van der Waals surface area (Å²) in [4.78, 5) is 12.3. The number of hydrogen-bond donors (Lipinski definition) is 2. The van der Waals surface area contributed by atoms with Gasteiger partial charge in [-0.05, 0) is 34.9 Å². The van der Waals surface area contributed by atoms with E-state index in [1.54, 1.807) is 0 Å². The molecule has 1 unspecified atom stereocenters. The third kappa shape index (κ3) is 3.06. The zero-order valence-corrected chi connectivity index (χ0v) is 12.1. The van der Waals surface area contributed by atoms with E-state index < -0.39 is 0 Å². The van der Waals surface area contributed by atoms with E-state index in [2.05, 4.69) is 20.8 Å². The van der Waals surface area contributed by atoms with Crippen LogP contribution in [0.2, 0.25) is 0 Å². The maximum Gasteiger partial charge on any atom is 0.237 e. The number of amides is 1. The number of carbonyl (C=O) groups excluding carboxylic acids is 1. The molecule has 1 aliphatic heterocycles. The van der Waals surface area contributed by atoms with Gasteiger partial charge >= 0.3 is 0 Å². The van der Waals surface area contributed by atoms with Gasteiger partial charge in [0.25, 0.3) is 0 Å². The summed E-state index contributed by atoms with van der Waals surface area (Å²) in [6, 6.07) is 7.82. The van der Waals surface area contributed by atoms with Gasteiger partial charge in [-0.15, -0.1) is 5.10 Å². The number of fused-ring (bicyclic) bond motifs is 1. The molecule has 0 aliphatic carbocycles. The molecule has 1 aromatic carbocycles. The molecule has 110 valence electrons. The van der Waals surface area contributed by atoms with E-state index in [1.807, 2.05) is 24.3 Å². The van der Waals surface area contributed by atoms with Crippen molar-refractivity contribution in [3.05, 3.63) is 29.8 Å². The first-order valence-electron chi connectivity index (χ1n) is 6.70. The number of nitrogens with zero attached hydrogens (tertiary/aromatic N) is 4. The number of hydrogen-bond acceptors (Lipinski definition) is 6. The molecule has 2 heterocycles. The molecular weight excluding hydrogens is 290 g/mol. The first-order valence-corrected chi connectivity index (χ1v) is 7.58. The highest BCUT2D eigenvalue weighted by Crippen LogP contribution is 2.30. The predicted octanol–water partition coefficient (Wildman–Crippen LogP) is 0.711. The Hall–Kier alpha value is -1.93. The van der Waals surface area contributed by atoms with Crippen molar-refractivity contribution in [1.82, 2.24) is 20.2 Å². The third-order valence-corrected chi connectivity index (χ3v) is 4.54. The van der Waals surface area contributed by atoms with E-state index in [9.17, 15) is 4.79 Å². The summed E-state index contributed by atoms with van der Waals surface area (Å²) >= 11 is 1.33. The fourth-order valence-corrected chi connectivity index (χ4v) is 3.24. The van der Waals surface area contributed by atoms with Crippen LogP contribution < -0.4 is 5.32 Å². The number of tetrazole rings is 1. The monoisotopic (exact) mass is 305 g/mol. The van der Waals surface area contributed by atoms with E-state index in [0.717, 1.165) is 24.1 Å². The molecule has 3 rings (SSSR count). The molecule has 2 N–H and O–H groups in total. The van der Waals surface area contributed by atoms with Crippen LogP contribution in [0.25, 0.3) is 0 Å². The standard InChI is InChI=1S/C13H15N5O2S/c19-8-7-18-13(15-16-17-18)21-11-6-5-9-3-1-2-4-10(9)14-12(11)20/h1-4,11,19H,5-8H2,(H,14,20). The second kappa shape index (κ2) is 6.23. The summed E-state index contributed by atoms with van der Waals surface area (Å²) < 4.78 is 1.51. The Morgan fingerprint density at radius 3 is 3.14 bits per heavy atom. The lowest BCUT2D eigenvalue weighted by atomic mass is 10.1. The van der Waals surface area contributed by atoms with Gasteiger partial charge in [-0.25, -0.2) is 4.68 Å². The normalized spacial score (nSPS) is 18.0. The topological polar surface area (TPSA) is 92.9 Å². The summed E-state index contributed by atoms with van der Waals surface area (Å²) in [5, 5.41) is 23.5. The number of aliphatic hydroxyl groups is 1. The number of benzene rings is 1. The van der Waals surface area contributed by atoms with Crippen LogP contribution in [0, 0.1) is 0 Å². The Morgan fingerprint density at radius 1 is 1.43 bits per heavy atom. The van der Waals surface area contributed by atoms with Gasteiger partial charge in [0.05, 0.1) is 18.4 Å². The maximum absolute atomic E-state index is 12.3. The summed E-state index contributed by atoms with van der Waals surface area (Å²) in [6.07, 6.45) is 1.55. The molecule has 21 heavy (non-hydrogen) atoms. The van der Waals surface area contributed by atoms with Gasteiger partial charge in [0.2, 0.25) is 11.1 Å². The number of aliphatic hydroxyl groups excluding tert-OH is 1. The van der Waals surface area contributed by atoms with Gasteiger partial charge < -0.3 is 10.4 Å². The molecule has 2 aromatic rings. The minimum absolute atomic E-state index is 0.0384. The summed E-state index contributed by atoms with van der Waals surface area (Å²) in [7, 11) is 0. The highest BCUT2D eigenvalue weighted by molar-refractivity contribution is 8.00. The smallest absolute Gasteiger partial charge is 0.237 e. The van der Waals surface area contributed by atoms with Gasteiger partial charge in [0.1, 0.15) is 0 Å². The van der Waals surface area contributed by atoms with Gasteiger partial charge in [-0.2, -0.15) is 0 Å². The van der Waals surface area contributed by atoms with Gasteiger partial charge in [-0.3, -0.25) is 4.79 Å². The molecule has 1 aromatic heterocycles. The van der Waals surface area contributed by atoms with Crippen LogP contribution in [0.4, 0.5) is 5.69 Å². The largest absolute Gasteiger partial charge is 0.394 e. The van der Waals surface area contributed by atoms with Crippen LogP contribution in [0.15, 0.2) is 29.4 Å². The van der Waals surface area contributed by atoms with Crippen LogP contribution >= 0.6 is 11.8 Å². The fraction of sp³-hybridized carbons (Fsp3) is 0.385. The molecular formula is C13H15N5O2S. The van der Waals surface area contributed by atoms with E-state index in [0.29, 0.717) is 11.7 Å². The molecule has 0 spiro atoms. The highest BCUT2D eigenvalue weighted by Gasteiger charge is 2.26. The average Bonchev–Trinajstić information content (AvgIpc) is 2.85. The van der Waals surface area contributed by atoms with E-state index in [-0.39, 0.29) is 17.8 Å². The number of carbonyl (C=O) groups is 1. The Morgan fingerprint density at radius 2 is 2.29 bits per heavy atom. The highest BCUT2D eigenvalue weighted by atomic mass is 32.2. The van der Waals surface area contributed by atoms with Gasteiger partial charge in [-0.1, -0.05) is 30.0 Å². The Kier molecular flexibility index (Phi) is 4.16. The van der Waals surface area contributed by atoms with E-state index >= 15 is 0 Å². The number of aromatic nitrogens is 4. The quantitative estimate of drug-likeness (QED) is 0.864. The molecule has 1 amide bonds. The summed E-state index contributed by atoms with van der Waals surface area (Å²) in [6.45, 7) is 0.283. The first-order chi connectivity index (χ1) is 10.3. The fourth-order valence-electron chi connectivity index (χ4n) is 2.25. The molecule has 7 nitrogen and oxygen atoms in total. The molecule has 8 heteroatoms. The molecule has 0 radical (unpaired) electrons. The zero-order valence-electron chi connectivity index (χ0n) is 11.3. The van der Waals surface area contributed by atoms with Crippen molar-refractivity contribution < 1.29 is 9.90 Å². The van der Waals surface area contributed by atoms with Crippen molar-refractivity contribution in [1.29, 1.82) is 0 Å². The lowest BCUT2D eigenvalue weighted by molar-refractivity contribution is -0.115. The number of thioether (sulfide) groups is 1. The number of nitrogens with one attached hydrogen (secondary N) is 1. The minimum atomic E-state index is -0.249. The van der Waals surface area contributed by atoms with Crippen molar-refractivity contribution in [2.24, 2.45) is 0 Å². The molecule has 1 aliphatic rings. The van der Waals surface area contributed by atoms with Crippen molar-refractivity contribution in [3.8, 4) is 0 Å². The lowest BCUT2D eigenvalue weighted by Crippen LogP contribution is -2.24. The van der Waals surface area contributed by atoms with Crippen LogP contribution in [0.1, 0.15) is 12.0 Å². The molecule has 0 saturated carbocycles. The molecule has 0 fully saturated rings. The number of aryl methyl sites for hydroxylation is 1. The van der Waals surface area contributed by atoms with Crippen molar-refractivity contribution in [2.75, 3.05) is 11.9 Å². The van der Waals surface area contributed by atoms with E-state index in [1.165, 1.54) is 16.4 Å². The summed E-state index contributed by atoms with van der Waals surface area (Å²) in [5.74, 6) is -0.0384. The molecule has 1 atom stereocenters. The first kappa shape index (κ1) is 14.0. The van der Waals surface area contributed by atoms with Crippen molar-refractivity contribution >= 4 is 23.4 Å². The third-order valence-electron chi connectivity index (χ3n) is 3.30. The van der Waals surface area contributed by atoms with Crippen molar-refractivity contribution in [3.63, 3.8) is 0 Å².